The molecule has 1 N–H and O–H groups in total. The Morgan fingerprint density at radius 1 is 1.35 bits per heavy atom. The molecule has 1 unspecified atom stereocenters. The summed E-state index contributed by atoms with van der Waals surface area (Å²) in [6.07, 6.45) is -0.380. The third-order valence-electron chi connectivity index (χ3n) is 4.94. The minimum atomic E-state index is -1.22. The topological polar surface area (TPSA) is 107 Å². The first kappa shape index (κ1) is 21.0. The number of rotatable bonds is 6. The Bertz CT molecular complexity index is 1130. The van der Waals surface area contributed by atoms with Gasteiger partial charge in [0, 0.05) is 12.1 Å². The fourth-order valence-electron chi connectivity index (χ4n) is 3.40. The predicted octanol–water partition coefficient (Wildman–Crippen LogP) is 3.48. The van der Waals surface area contributed by atoms with E-state index >= 15 is 0 Å². The van der Waals surface area contributed by atoms with E-state index < -0.39 is 11.8 Å². The van der Waals surface area contributed by atoms with Crippen molar-refractivity contribution in [3.05, 3.63) is 70.1 Å². The van der Waals surface area contributed by atoms with E-state index in [2.05, 4.69) is 11.4 Å². The lowest BCUT2D eigenvalue weighted by atomic mass is 10.0. The molecule has 2 aromatic heterocycles. The number of anilines is 1. The third-order valence-corrected chi connectivity index (χ3v) is 5.83. The second kappa shape index (κ2) is 8.47. The second-order valence-electron chi connectivity index (χ2n) is 7.56. The van der Waals surface area contributed by atoms with Crippen molar-refractivity contribution in [1.29, 1.82) is 5.26 Å². The van der Waals surface area contributed by atoms with Crippen LogP contribution in [0.4, 0.5) is 5.82 Å². The Labute approximate surface area is 183 Å². The number of pyridine rings is 1. The molecule has 1 aliphatic rings. The quantitative estimate of drug-likeness (QED) is 0.633. The molecular weight excluding hydrogens is 414 g/mol. The highest BCUT2D eigenvalue weighted by Crippen LogP contribution is 2.38. The number of hydrogen-bond donors (Lipinski definition) is 1. The number of ether oxygens (including phenoxy) is 2. The molecule has 0 radical (unpaired) electrons. The van der Waals surface area contributed by atoms with Crippen LogP contribution < -0.4 is 10.4 Å². The van der Waals surface area contributed by atoms with E-state index in [9.17, 15) is 15.2 Å². The van der Waals surface area contributed by atoms with E-state index in [1.165, 1.54) is 12.1 Å². The number of carbonyl (C=O) groups is 1. The monoisotopic (exact) mass is 434 g/mol. The summed E-state index contributed by atoms with van der Waals surface area (Å²) in [4.78, 5) is 16.6. The van der Waals surface area contributed by atoms with Gasteiger partial charge in [-0.05, 0) is 42.5 Å². The largest absolute Gasteiger partial charge is 0.545 e. The summed E-state index contributed by atoms with van der Waals surface area (Å²) in [5.41, 5.74) is 2.83. The van der Waals surface area contributed by atoms with Crippen molar-refractivity contribution < 1.29 is 19.4 Å². The fraction of sp³-hybridized carbons (Fsp3) is 0.261. The lowest BCUT2D eigenvalue weighted by Crippen LogP contribution is -2.22. The number of nitrogens with one attached hydrogen (secondary N) is 1. The first-order valence-electron chi connectivity index (χ1n) is 9.71. The maximum absolute atomic E-state index is 10.9. The number of carbonyl (C=O) groups excluding carboxylic acids is 1. The van der Waals surface area contributed by atoms with Crippen molar-refractivity contribution >= 4 is 23.1 Å². The highest BCUT2D eigenvalue weighted by molar-refractivity contribution is 7.13. The van der Waals surface area contributed by atoms with Crippen LogP contribution in [0.3, 0.4) is 0 Å². The van der Waals surface area contributed by atoms with Gasteiger partial charge in [-0.15, -0.1) is 11.3 Å². The molecule has 1 saturated heterocycles. The molecule has 1 fully saturated rings. The highest BCUT2D eigenvalue weighted by atomic mass is 32.1. The van der Waals surface area contributed by atoms with Crippen LogP contribution in [0.2, 0.25) is 0 Å². The lowest BCUT2D eigenvalue weighted by molar-refractivity contribution is -0.255. The zero-order valence-corrected chi connectivity index (χ0v) is 17.9. The van der Waals surface area contributed by atoms with Gasteiger partial charge in [0.15, 0.2) is 5.79 Å². The van der Waals surface area contributed by atoms with Gasteiger partial charge >= 0.3 is 0 Å². The van der Waals surface area contributed by atoms with Gasteiger partial charge in [0.1, 0.15) is 23.6 Å². The van der Waals surface area contributed by atoms with Crippen molar-refractivity contribution in [3.8, 4) is 16.6 Å². The zero-order chi connectivity index (χ0) is 22.0. The minimum absolute atomic E-state index is 0.113. The van der Waals surface area contributed by atoms with Crippen molar-refractivity contribution in [3.63, 3.8) is 0 Å². The second-order valence-corrected chi connectivity index (χ2v) is 8.51. The van der Waals surface area contributed by atoms with Crippen LogP contribution in [0.25, 0.3) is 10.6 Å². The number of benzene rings is 1. The SMILES string of the molecule is CC1(C)OCC(c2cc(-c3cccs3)nc(NCc3ccc(C(=O)[O-])cc3)c2C#N)O1. The first-order valence-corrected chi connectivity index (χ1v) is 10.6. The fourth-order valence-corrected chi connectivity index (χ4v) is 4.09. The Hall–Kier alpha value is -3.25. The molecule has 8 heteroatoms. The van der Waals surface area contributed by atoms with Gasteiger partial charge < -0.3 is 24.7 Å². The standard InChI is InChI=1S/C23H21N3O4S/c1-23(2)29-13-19(30-23)16-10-18(20-4-3-9-31-20)26-21(17(16)11-24)25-12-14-5-7-15(8-6-14)22(27)28/h3-10,19H,12-13H2,1-2H3,(H,25,26)(H,27,28)/p-1. The molecule has 1 aliphatic heterocycles. The molecule has 31 heavy (non-hydrogen) atoms. The predicted molar refractivity (Wildman–Crippen MR) is 114 cm³/mol. The van der Waals surface area contributed by atoms with E-state index in [0.29, 0.717) is 24.5 Å². The van der Waals surface area contributed by atoms with Crippen LogP contribution in [0.1, 0.15) is 47.0 Å². The summed E-state index contributed by atoms with van der Waals surface area (Å²) in [7, 11) is 0. The normalized spacial score (nSPS) is 17.3. The van der Waals surface area contributed by atoms with Crippen LogP contribution >= 0.6 is 11.3 Å². The Morgan fingerprint density at radius 3 is 2.71 bits per heavy atom. The average Bonchev–Trinajstić information content (AvgIpc) is 3.41. The van der Waals surface area contributed by atoms with E-state index in [0.717, 1.165) is 21.7 Å². The molecule has 0 spiro atoms. The van der Waals surface area contributed by atoms with Crippen molar-refractivity contribution in [2.75, 3.05) is 11.9 Å². The van der Waals surface area contributed by atoms with E-state index in [1.807, 2.05) is 37.4 Å². The van der Waals surface area contributed by atoms with Crippen LogP contribution in [-0.2, 0) is 16.0 Å². The summed E-state index contributed by atoms with van der Waals surface area (Å²) in [5, 5.41) is 26.0. The number of carboxylic acid groups (broad SMARTS) is 1. The number of nitriles is 1. The Balaban J connectivity index is 1.68. The molecule has 1 atom stereocenters. The molecule has 0 aliphatic carbocycles. The lowest BCUT2D eigenvalue weighted by Gasteiger charge is -2.19. The number of carboxylic acids is 1. The van der Waals surface area contributed by atoms with Crippen LogP contribution in [0, 0.1) is 11.3 Å². The number of aromatic nitrogens is 1. The maximum atomic E-state index is 10.9. The maximum Gasteiger partial charge on any atom is 0.163 e. The van der Waals surface area contributed by atoms with Crippen LogP contribution in [-0.4, -0.2) is 23.3 Å². The molecule has 0 saturated carbocycles. The number of hydrogen-bond acceptors (Lipinski definition) is 8. The van der Waals surface area contributed by atoms with Crippen LogP contribution in [0.15, 0.2) is 47.8 Å². The van der Waals surface area contributed by atoms with Crippen molar-refractivity contribution in [2.45, 2.75) is 32.3 Å². The van der Waals surface area contributed by atoms with Gasteiger partial charge in [-0.3, -0.25) is 0 Å². The third kappa shape index (κ3) is 4.59. The zero-order valence-electron chi connectivity index (χ0n) is 17.0. The van der Waals surface area contributed by atoms with Gasteiger partial charge in [-0.25, -0.2) is 4.98 Å². The van der Waals surface area contributed by atoms with Gasteiger partial charge in [0.2, 0.25) is 0 Å². The smallest absolute Gasteiger partial charge is 0.163 e. The summed E-state index contributed by atoms with van der Waals surface area (Å²) in [6.45, 7) is 4.40. The molecule has 1 aromatic carbocycles. The van der Waals surface area contributed by atoms with E-state index in [4.69, 9.17) is 14.5 Å². The molecule has 3 heterocycles. The molecule has 158 valence electrons. The minimum Gasteiger partial charge on any atom is -0.545 e. The average molecular weight is 434 g/mol. The molecule has 0 bridgehead atoms. The van der Waals surface area contributed by atoms with Gasteiger partial charge in [0.25, 0.3) is 0 Å². The summed E-state index contributed by atoms with van der Waals surface area (Å²) < 4.78 is 11.7. The first-order chi connectivity index (χ1) is 14.9. The van der Waals surface area contributed by atoms with E-state index in [-0.39, 0.29) is 11.7 Å². The molecule has 0 amide bonds. The van der Waals surface area contributed by atoms with Gasteiger partial charge in [-0.1, -0.05) is 30.3 Å². The Kier molecular flexibility index (Phi) is 5.74. The number of nitrogens with zero attached hydrogens (tertiary/aromatic N) is 2. The number of thiophene rings is 1. The van der Waals surface area contributed by atoms with Crippen molar-refractivity contribution in [2.24, 2.45) is 0 Å². The molecular formula is C23H20N3O4S-. The molecule has 3 aromatic rings. The Morgan fingerprint density at radius 2 is 2.13 bits per heavy atom. The van der Waals surface area contributed by atoms with Gasteiger partial charge in [0.05, 0.1) is 23.1 Å². The van der Waals surface area contributed by atoms with E-state index in [1.54, 1.807) is 23.5 Å². The molecule has 7 nitrogen and oxygen atoms in total. The summed E-state index contributed by atoms with van der Waals surface area (Å²) in [5.74, 6) is -1.50. The van der Waals surface area contributed by atoms with Gasteiger partial charge in [-0.2, -0.15) is 5.26 Å². The summed E-state index contributed by atoms with van der Waals surface area (Å²) in [6, 6.07) is 14.4. The van der Waals surface area contributed by atoms with Crippen LogP contribution in [0.5, 0.6) is 0 Å². The summed E-state index contributed by atoms with van der Waals surface area (Å²) >= 11 is 1.56. The number of aromatic carboxylic acids is 1. The molecule has 4 rings (SSSR count). The highest BCUT2D eigenvalue weighted by Gasteiger charge is 2.35. The van der Waals surface area contributed by atoms with Crippen molar-refractivity contribution in [1.82, 2.24) is 4.98 Å².